The van der Waals surface area contributed by atoms with Crippen LogP contribution in [0.1, 0.15) is 33.1 Å². The Kier molecular flexibility index (Phi) is 6.27. The minimum atomic E-state index is -0.807. The van der Waals surface area contributed by atoms with E-state index in [1.165, 1.54) is 0 Å². The Balaban J connectivity index is 4.07. The second kappa shape index (κ2) is 6.63. The molecule has 5 heteroatoms. The molecule has 0 heterocycles. The first-order chi connectivity index (χ1) is 6.91. The van der Waals surface area contributed by atoms with Gasteiger partial charge < -0.3 is 20.7 Å². The molecule has 1 unspecified atom stereocenters. The normalized spacial score (nSPS) is 13.6. The summed E-state index contributed by atoms with van der Waals surface area (Å²) in [5.41, 5.74) is 4.26. The van der Waals surface area contributed by atoms with Crippen LogP contribution in [0.2, 0.25) is 0 Å². The third-order valence-electron chi connectivity index (χ3n) is 2.19. The van der Waals surface area contributed by atoms with Crippen molar-refractivity contribution in [2.24, 2.45) is 11.7 Å². The van der Waals surface area contributed by atoms with Gasteiger partial charge in [0.25, 0.3) is 0 Å². The van der Waals surface area contributed by atoms with Gasteiger partial charge in [-0.3, -0.25) is 0 Å². The van der Waals surface area contributed by atoms with Gasteiger partial charge in [0.15, 0.2) is 0 Å². The van der Waals surface area contributed by atoms with E-state index in [4.69, 9.17) is 20.7 Å². The van der Waals surface area contributed by atoms with E-state index in [-0.39, 0.29) is 19.1 Å². The molecule has 0 bridgehead atoms. The summed E-state index contributed by atoms with van der Waals surface area (Å²) in [5.74, 6) is 0.0199. The molecule has 0 aliphatic carbocycles. The van der Waals surface area contributed by atoms with Crippen LogP contribution in [0.4, 0.5) is 4.79 Å². The number of aliphatic hydroxyl groups excluding tert-OH is 2. The smallest absolute Gasteiger partial charge is 0.405 e. The van der Waals surface area contributed by atoms with Gasteiger partial charge >= 0.3 is 6.09 Å². The molecular weight excluding hydrogens is 198 g/mol. The highest BCUT2D eigenvalue weighted by Crippen LogP contribution is 2.23. The fourth-order valence-corrected chi connectivity index (χ4v) is 1.65. The topological polar surface area (TPSA) is 92.8 Å². The number of carbonyl (C=O) groups excluding carboxylic acids is 1. The van der Waals surface area contributed by atoms with Crippen molar-refractivity contribution < 1.29 is 19.7 Å². The summed E-state index contributed by atoms with van der Waals surface area (Å²) >= 11 is 0. The van der Waals surface area contributed by atoms with Gasteiger partial charge in [0.05, 0.1) is 0 Å². The van der Waals surface area contributed by atoms with Crippen LogP contribution in [0, 0.1) is 5.92 Å². The van der Waals surface area contributed by atoms with Crippen molar-refractivity contribution in [3.63, 3.8) is 0 Å². The molecule has 0 fully saturated rings. The third kappa shape index (κ3) is 7.16. The van der Waals surface area contributed by atoms with Crippen molar-refractivity contribution in [2.75, 3.05) is 13.2 Å². The number of ether oxygens (including phenoxy) is 1. The van der Waals surface area contributed by atoms with Crippen LogP contribution in [0.15, 0.2) is 0 Å². The lowest BCUT2D eigenvalue weighted by molar-refractivity contribution is 0.0161. The van der Waals surface area contributed by atoms with Gasteiger partial charge in [-0.05, 0) is 39.0 Å². The molecule has 0 spiro atoms. The van der Waals surface area contributed by atoms with Crippen molar-refractivity contribution in [3.8, 4) is 0 Å². The SMILES string of the molecule is CC(C)(CC(CO)CCCO)OC(N)=O. The van der Waals surface area contributed by atoms with Crippen LogP contribution in [0.5, 0.6) is 0 Å². The zero-order chi connectivity index (χ0) is 11.9. The van der Waals surface area contributed by atoms with Crippen LogP contribution < -0.4 is 5.73 Å². The average molecular weight is 219 g/mol. The Morgan fingerprint density at radius 1 is 1.47 bits per heavy atom. The molecule has 5 nitrogen and oxygen atoms in total. The van der Waals surface area contributed by atoms with Crippen molar-refractivity contribution in [2.45, 2.75) is 38.7 Å². The van der Waals surface area contributed by atoms with E-state index in [1.54, 1.807) is 13.8 Å². The summed E-state index contributed by atoms with van der Waals surface area (Å²) in [6, 6.07) is 0. The maximum Gasteiger partial charge on any atom is 0.405 e. The first kappa shape index (κ1) is 14.2. The van der Waals surface area contributed by atoms with Crippen LogP contribution >= 0.6 is 0 Å². The Morgan fingerprint density at radius 2 is 2.07 bits per heavy atom. The summed E-state index contributed by atoms with van der Waals surface area (Å²) in [6.07, 6.45) is 1.07. The number of primary amides is 1. The van der Waals surface area contributed by atoms with Crippen LogP contribution in [-0.4, -0.2) is 35.1 Å². The number of aliphatic hydroxyl groups is 2. The van der Waals surface area contributed by atoms with Gasteiger partial charge in [-0.15, -0.1) is 0 Å². The van der Waals surface area contributed by atoms with Crippen LogP contribution in [-0.2, 0) is 4.74 Å². The molecule has 0 aromatic heterocycles. The second-order valence-corrected chi connectivity index (χ2v) is 4.30. The van der Waals surface area contributed by atoms with E-state index in [2.05, 4.69) is 0 Å². The number of rotatable bonds is 7. The van der Waals surface area contributed by atoms with Gasteiger partial charge in [0.2, 0.25) is 0 Å². The molecule has 15 heavy (non-hydrogen) atoms. The second-order valence-electron chi connectivity index (χ2n) is 4.30. The Bertz CT molecular complexity index is 194. The molecule has 0 aliphatic heterocycles. The van der Waals surface area contributed by atoms with E-state index >= 15 is 0 Å². The lowest BCUT2D eigenvalue weighted by Crippen LogP contribution is -2.34. The van der Waals surface area contributed by atoms with Crippen molar-refractivity contribution >= 4 is 6.09 Å². The summed E-state index contributed by atoms with van der Waals surface area (Å²) in [6.45, 7) is 3.62. The van der Waals surface area contributed by atoms with Crippen LogP contribution in [0.25, 0.3) is 0 Å². The van der Waals surface area contributed by atoms with Crippen molar-refractivity contribution in [3.05, 3.63) is 0 Å². The monoisotopic (exact) mass is 219 g/mol. The van der Waals surface area contributed by atoms with Gasteiger partial charge in [0, 0.05) is 13.2 Å². The molecule has 90 valence electrons. The largest absolute Gasteiger partial charge is 0.444 e. The van der Waals surface area contributed by atoms with E-state index in [0.29, 0.717) is 19.3 Å². The number of carbonyl (C=O) groups is 1. The first-order valence-electron chi connectivity index (χ1n) is 5.11. The van der Waals surface area contributed by atoms with Crippen LogP contribution in [0.3, 0.4) is 0 Å². The summed E-state index contributed by atoms with van der Waals surface area (Å²) in [4.78, 5) is 10.6. The molecule has 0 aliphatic rings. The summed E-state index contributed by atoms with van der Waals surface area (Å²) in [7, 11) is 0. The molecule has 4 N–H and O–H groups in total. The predicted octanol–water partition coefficient (Wildman–Crippen LogP) is 0.631. The quantitative estimate of drug-likeness (QED) is 0.585. The van der Waals surface area contributed by atoms with E-state index in [1.807, 2.05) is 0 Å². The summed E-state index contributed by atoms with van der Waals surface area (Å²) in [5, 5.41) is 17.8. The molecule has 1 amide bonds. The van der Waals surface area contributed by atoms with E-state index < -0.39 is 11.7 Å². The van der Waals surface area contributed by atoms with Gasteiger partial charge in [-0.2, -0.15) is 0 Å². The molecular formula is C10H21NO4. The number of hydrogen-bond donors (Lipinski definition) is 3. The maximum absolute atomic E-state index is 10.6. The lowest BCUT2D eigenvalue weighted by atomic mass is 9.90. The lowest BCUT2D eigenvalue weighted by Gasteiger charge is -2.28. The highest BCUT2D eigenvalue weighted by Gasteiger charge is 2.25. The maximum atomic E-state index is 10.6. The van der Waals surface area contributed by atoms with E-state index in [9.17, 15) is 4.79 Å². The standard InChI is InChI=1S/C10H21NO4/c1-10(2,15-9(11)14)6-8(7-13)4-3-5-12/h8,12-13H,3-7H2,1-2H3,(H2,11,14). The molecule has 0 radical (unpaired) electrons. The molecule has 0 aromatic rings. The molecule has 1 atom stereocenters. The molecule has 0 rings (SSSR count). The first-order valence-corrected chi connectivity index (χ1v) is 5.11. The molecule has 0 aromatic carbocycles. The zero-order valence-electron chi connectivity index (χ0n) is 9.40. The summed E-state index contributed by atoms with van der Waals surface area (Å²) < 4.78 is 4.92. The Morgan fingerprint density at radius 3 is 2.47 bits per heavy atom. The third-order valence-corrected chi connectivity index (χ3v) is 2.19. The fourth-order valence-electron chi connectivity index (χ4n) is 1.65. The number of amides is 1. The minimum absolute atomic E-state index is 0.0194. The zero-order valence-corrected chi connectivity index (χ0v) is 9.40. The van der Waals surface area contributed by atoms with E-state index in [0.717, 1.165) is 0 Å². The minimum Gasteiger partial charge on any atom is -0.444 e. The number of nitrogens with two attached hydrogens (primary N) is 1. The Labute approximate surface area is 90.2 Å². The van der Waals surface area contributed by atoms with Gasteiger partial charge in [-0.25, -0.2) is 4.79 Å². The Hall–Kier alpha value is -0.810. The highest BCUT2D eigenvalue weighted by molar-refractivity contribution is 5.65. The van der Waals surface area contributed by atoms with Gasteiger partial charge in [-0.1, -0.05) is 0 Å². The van der Waals surface area contributed by atoms with Crippen molar-refractivity contribution in [1.29, 1.82) is 0 Å². The molecule has 0 saturated carbocycles. The average Bonchev–Trinajstić information content (AvgIpc) is 2.09. The fraction of sp³-hybridized carbons (Fsp3) is 0.900. The predicted molar refractivity (Wildman–Crippen MR) is 56.3 cm³/mol. The number of hydrogen-bond acceptors (Lipinski definition) is 4. The molecule has 0 saturated heterocycles. The highest BCUT2D eigenvalue weighted by atomic mass is 16.6. The van der Waals surface area contributed by atoms with Crippen molar-refractivity contribution in [1.82, 2.24) is 0 Å². The van der Waals surface area contributed by atoms with Gasteiger partial charge in [0.1, 0.15) is 5.60 Å².